The van der Waals surface area contributed by atoms with E-state index in [-0.39, 0.29) is 29.1 Å². The molecule has 1 N–H and O–H groups in total. The molecule has 33 heavy (non-hydrogen) atoms. The SMILES string of the molecule is COC1(OC)CC(C)C=C(C)[CH]CC=CC=C(C)C(=O)NC2=CC(=O)C=C(CC(C)C1)C2=O. The maximum atomic E-state index is 13.0. The first-order valence-corrected chi connectivity index (χ1v) is 11.4. The Morgan fingerprint density at radius 2 is 1.73 bits per heavy atom. The molecule has 6 nitrogen and oxygen atoms in total. The maximum Gasteiger partial charge on any atom is 0.251 e. The summed E-state index contributed by atoms with van der Waals surface area (Å²) in [7, 11) is 3.26. The minimum Gasteiger partial charge on any atom is -0.353 e. The van der Waals surface area contributed by atoms with Crippen LogP contribution in [0.4, 0.5) is 0 Å². The number of rotatable bonds is 2. The summed E-state index contributed by atoms with van der Waals surface area (Å²) in [5.41, 5.74) is 1.99. The fourth-order valence-electron chi connectivity index (χ4n) is 4.29. The molecule has 0 fully saturated rings. The molecule has 0 spiro atoms. The molecule has 0 saturated carbocycles. The smallest absolute Gasteiger partial charge is 0.251 e. The third-order valence-electron chi connectivity index (χ3n) is 5.96. The monoisotopic (exact) mass is 454 g/mol. The predicted octanol–water partition coefficient (Wildman–Crippen LogP) is 4.55. The number of ether oxygens (including phenoxy) is 2. The average Bonchev–Trinajstić information content (AvgIpc) is 2.75. The molecule has 0 aromatic heterocycles. The number of nitrogens with one attached hydrogen (secondary N) is 1. The molecule has 1 heterocycles. The Hall–Kier alpha value is -2.57. The van der Waals surface area contributed by atoms with Gasteiger partial charge in [-0.15, -0.1) is 0 Å². The molecule has 2 atom stereocenters. The number of hydrogen-bond acceptors (Lipinski definition) is 5. The van der Waals surface area contributed by atoms with Gasteiger partial charge in [-0.3, -0.25) is 14.4 Å². The fourth-order valence-corrected chi connectivity index (χ4v) is 4.29. The second kappa shape index (κ2) is 12.1. The van der Waals surface area contributed by atoms with E-state index >= 15 is 0 Å². The van der Waals surface area contributed by atoms with Crippen LogP contribution in [-0.2, 0) is 23.9 Å². The first kappa shape index (κ1) is 26.7. The second-order valence-corrected chi connectivity index (χ2v) is 9.06. The van der Waals surface area contributed by atoms with Gasteiger partial charge < -0.3 is 14.8 Å². The Labute approximate surface area is 197 Å². The van der Waals surface area contributed by atoms with Gasteiger partial charge in [0.2, 0.25) is 5.78 Å². The van der Waals surface area contributed by atoms with E-state index in [4.69, 9.17) is 9.47 Å². The number of carbonyl (C=O) groups is 3. The zero-order valence-corrected chi connectivity index (χ0v) is 20.6. The van der Waals surface area contributed by atoms with Gasteiger partial charge in [-0.05, 0) is 51.0 Å². The van der Waals surface area contributed by atoms with Crippen LogP contribution >= 0.6 is 0 Å². The van der Waals surface area contributed by atoms with E-state index in [0.717, 1.165) is 12.0 Å². The summed E-state index contributed by atoms with van der Waals surface area (Å²) in [6.07, 6.45) is 14.6. The van der Waals surface area contributed by atoms with E-state index in [2.05, 4.69) is 31.7 Å². The number of allylic oxidation sites excluding steroid dienone is 8. The van der Waals surface area contributed by atoms with Gasteiger partial charge in [0, 0.05) is 44.3 Å². The van der Waals surface area contributed by atoms with Crippen molar-refractivity contribution in [2.45, 2.75) is 59.2 Å². The third kappa shape index (κ3) is 7.76. The number of ketones is 2. The molecular formula is C27H36NO5. The van der Waals surface area contributed by atoms with Crippen molar-refractivity contribution in [3.63, 3.8) is 0 Å². The summed E-state index contributed by atoms with van der Waals surface area (Å²) in [5, 5.41) is 2.60. The lowest BCUT2D eigenvalue weighted by Crippen LogP contribution is -2.38. The van der Waals surface area contributed by atoms with E-state index in [1.54, 1.807) is 27.2 Å². The lowest BCUT2D eigenvalue weighted by Gasteiger charge is -2.35. The number of methoxy groups -OCH3 is 2. The van der Waals surface area contributed by atoms with Crippen molar-refractivity contribution in [1.82, 2.24) is 5.32 Å². The van der Waals surface area contributed by atoms with Gasteiger partial charge in [0.05, 0.1) is 5.70 Å². The van der Waals surface area contributed by atoms with Crippen molar-refractivity contribution in [2.75, 3.05) is 14.2 Å². The summed E-state index contributed by atoms with van der Waals surface area (Å²) in [6, 6.07) is 0. The van der Waals surface area contributed by atoms with E-state index in [1.807, 2.05) is 19.1 Å². The number of amides is 1. The summed E-state index contributed by atoms with van der Waals surface area (Å²) < 4.78 is 11.6. The molecule has 1 amide bonds. The molecule has 0 saturated heterocycles. The highest BCUT2D eigenvalue weighted by Crippen LogP contribution is 2.33. The van der Waals surface area contributed by atoms with Crippen molar-refractivity contribution < 1.29 is 23.9 Å². The molecule has 2 aliphatic rings. The van der Waals surface area contributed by atoms with Crippen LogP contribution in [0.5, 0.6) is 0 Å². The Balaban J connectivity index is 2.37. The molecule has 1 aliphatic heterocycles. The van der Waals surface area contributed by atoms with Gasteiger partial charge in [0.25, 0.3) is 5.91 Å². The first-order chi connectivity index (χ1) is 15.6. The highest BCUT2D eigenvalue weighted by molar-refractivity contribution is 6.21. The van der Waals surface area contributed by atoms with E-state index in [0.29, 0.717) is 30.4 Å². The predicted molar refractivity (Wildman–Crippen MR) is 129 cm³/mol. The third-order valence-corrected chi connectivity index (χ3v) is 5.96. The summed E-state index contributed by atoms with van der Waals surface area (Å²) >= 11 is 0. The Morgan fingerprint density at radius 3 is 2.39 bits per heavy atom. The van der Waals surface area contributed by atoms with Crippen LogP contribution in [-0.4, -0.2) is 37.5 Å². The van der Waals surface area contributed by atoms with Crippen molar-refractivity contribution >= 4 is 17.5 Å². The topological polar surface area (TPSA) is 81.7 Å². The number of carbonyl (C=O) groups excluding carboxylic acids is 3. The molecule has 2 rings (SSSR count). The molecule has 2 unspecified atom stereocenters. The molecule has 2 bridgehead atoms. The number of hydrogen-bond donors (Lipinski definition) is 1. The Morgan fingerprint density at radius 1 is 1.03 bits per heavy atom. The second-order valence-electron chi connectivity index (χ2n) is 9.06. The molecule has 6 heteroatoms. The zero-order valence-electron chi connectivity index (χ0n) is 20.6. The van der Waals surface area contributed by atoms with Crippen LogP contribution in [0.1, 0.15) is 53.4 Å². The van der Waals surface area contributed by atoms with Crippen LogP contribution in [0.3, 0.4) is 0 Å². The van der Waals surface area contributed by atoms with Gasteiger partial charge in [0.15, 0.2) is 11.6 Å². The number of fused-ring (bicyclic) bond motifs is 2. The summed E-state index contributed by atoms with van der Waals surface area (Å²) in [5.74, 6) is -1.66. The minimum atomic E-state index is -0.811. The van der Waals surface area contributed by atoms with Crippen LogP contribution in [0.25, 0.3) is 0 Å². The van der Waals surface area contributed by atoms with Gasteiger partial charge in [0.1, 0.15) is 0 Å². The Kier molecular flexibility index (Phi) is 9.74. The van der Waals surface area contributed by atoms with E-state index in [1.165, 1.54) is 12.2 Å². The van der Waals surface area contributed by atoms with E-state index in [9.17, 15) is 14.4 Å². The van der Waals surface area contributed by atoms with Gasteiger partial charge >= 0.3 is 0 Å². The van der Waals surface area contributed by atoms with Crippen molar-refractivity contribution in [3.8, 4) is 0 Å². The standard InChI is InChI=1S/C27H36NO5/c1-18-10-8-7-9-11-21(4)26(31)28-24-15-23(29)14-22(25(24)30)13-20(3)17-27(32-5,33-6)16-19(2)12-18/h7,9-12,14-15,19-20H,8,13,16-17H2,1-6H3,(H,28,31). The zero-order chi connectivity index (χ0) is 24.6. The van der Waals surface area contributed by atoms with Crippen LogP contribution < -0.4 is 5.32 Å². The lowest BCUT2D eigenvalue weighted by atomic mass is 9.85. The van der Waals surface area contributed by atoms with E-state index < -0.39 is 11.7 Å². The minimum absolute atomic E-state index is 0.000272. The highest BCUT2D eigenvalue weighted by atomic mass is 16.7. The van der Waals surface area contributed by atoms with Crippen LogP contribution in [0.15, 0.2) is 58.9 Å². The molecule has 179 valence electrons. The largest absolute Gasteiger partial charge is 0.353 e. The van der Waals surface area contributed by atoms with Gasteiger partial charge in [-0.2, -0.15) is 0 Å². The molecule has 0 aromatic carbocycles. The Bertz CT molecular complexity index is 915. The highest BCUT2D eigenvalue weighted by Gasteiger charge is 2.34. The normalized spacial score (nSPS) is 25.6. The van der Waals surface area contributed by atoms with Gasteiger partial charge in [-0.1, -0.05) is 43.7 Å². The average molecular weight is 455 g/mol. The van der Waals surface area contributed by atoms with Gasteiger partial charge in [-0.25, -0.2) is 0 Å². The molecule has 1 radical (unpaired) electrons. The fraction of sp³-hybridized carbons (Fsp3) is 0.481. The van der Waals surface area contributed by atoms with Crippen LogP contribution in [0.2, 0.25) is 0 Å². The molecule has 0 aromatic rings. The maximum absolute atomic E-state index is 13.0. The first-order valence-electron chi connectivity index (χ1n) is 11.4. The number of Topliss-reactive ketones (excluding diaryl/α,β-unsaturated/α-hetero) is 1. The molecule has 1 aliphatic carbocycles. The summed E-state index contributed by atoms with van der Waals surface area (Å²) in [6.45, 7) is 7.86. The van der Waals surface area contributed by atoms with Crippen molar-refractivity contribution in [3.05, 3.63) is 65.3 Å². The molecular weight excluding hydrogens is 418 g/mol. The lowest BCUT2D eigenvalue weighted by molar-refractivity contribution is -0.224. The summed E-state index contributed by atoms with van der Waals surface area (Å²) in [4.78, 5) is 37.8. The van der Waals surface area contributed by atoms with Crippen LogP contribution in [0, 0.1) is 18.3 Å². The van der Waals surface area contributed by atoms with Crippen molar-refractivity contribution in [2.24, 2.45) is 11.8 Å². The van der Waals surface area contributed by atoms with Crippen molar-refractivity contribution in [1.29, 1.82) is 0 Å². The quantitative estimate of drug-likeness (QED) is 0.489.